The van der Waals surface area contributed by atoms with Gasteiger partial charge in [-0.05, 0) is 49.5 Å². The number of rotatable bonds is 6. The van der Waals surface area contributed by atoms with Gasteiger partial charge in [0.05, 0.1) is 0 Å². The van der Waals surface area contributed by atoms with Crippen LogP contribution in [0.5, 0.6) is 0 Å². The van der Waals surface area contributed by atoms with E-state index in [0.29, 0.717) is 13.0 Å². The quantitative estimate of drug-likeness (QED) is 0.821. The number of nitrogens with zero attached hydrogens (tertiary/aromatic N) is 2. The fourth-order valence-corrected chi connectivity index (χ4v) is 4.31. The predicted octanol–water partition coefficient (Wildman–Crippen LogP) is 2.67. The second-order valence-electron chi connectivity index (χ2n) is 8.27. The van der Waals surface area contributed by atoms with Crippen molar-refractivity contribution in [3.8, 4) is 0 Å². The van der Waals surface area contributed by atoms with Crippen molar-refractivity contribution < 1.29 is 4.79 Å². The summed E-state index contributed by atoms with van der Waals surface area (Å²) in [6.07, 6.45) is 6.39. The van der Waals surface area contributed by atoms with Crippen LogP contribution in [0.1, 0.15) is 44.1 Å². The Bertz CT molecular complexity index is 589. The summed E-state index contributed by atoms with van der Waals surface area (Å²) < 4.78 is 0. The Morgan fingerprint density at radius 1 is 1.15 bits per heavy atom. The van der Waals surface area contributed by atoms with Crippen LogP contribution in [0.3, 0.4) is 0 Å². The number of amides is 1. The average Bonchev–Trinajstić information content (AvgIpc) is 2.64. The Balaban J connectivity index is 1.55. The van der Waals surface area contributed by atoms with Crippen LogP contribution < -0.4 is 11.1 Å². The van der Waals surface area contributed by atoms with Crippen molar-refractivity contribution in [1.82, 2.24) is 9.80 Å². The van der Waals surface area contributed by atoms with E-state index in [1.807, 2.05) is 12.1 Å². The molecule has 1 heterocycles. The molecule has 0 atom stereocenters. The zero-order valence-electron chi connectivity index (χ0n) is 16.2. The van der Waals surface area contributed by atoms with Crippen molar-refractivity contribution in [1.29, 1.82) is 0 Å². The lowest BCUT2D eigenvalue weighted by atomic mass is 9.71. The molecule has 3 rings (SSSR count). The van der Waals surface area contributed by atoms with Gasteiger partial charge in [-0.2, -0.15) is 0 Å². The van der Waals surface area contributed by atoms with Crippen LogP contribution in [0.4, 0.5) is 5.69 Å². The van der Waals surface area contributed by atoms with Gasteiger partial charge >= 0.3 is 0 Å². The Morgan fingerprint density at radius 3 is 2.58 bits per heavy atom. The highest BCUT2D eigenvalue weighted by atomic mass is 16.1. The molecule has 1 aromatic rings. The van der Waals surface area contributed by atoms with Crippen LogP contribution in [0.15, 0.2) is 24.3 Å². The number of benzene rings is 1. The van der Waals surface area contributed by atoms with Crippen LogP contribution in [0, 0.1) is 5.41 Å². The van der Waals surface area contributed by atoms with Crippen molar-refractivity contribution in [3.05, 3.63) is 29.8 Å². The molecule has 1 aliphatic heterocycles. The number of carbonyl (C=O) groups is 1. The Hall–Kier alpha value is -1.43. The molecule has 0 unspecified atom stereocenters. The average molecular weight is 359 g/mol. The Morgan fingerprint density at radius 2 is 1.88 bits per heavy atom. The number of nitrogens with one attached hydrogen (secondary N) is 1. The van der Waals surface area contributed by atoms with Gasteiger partial charge in [0, 0.05) is 44.8 Å². The Labute approximate surface area is 157 Å². The van der Waals surface area contributed by atoms with Crippen LogP contribution in [-0.2, 0) is 11.3 Å². The van der Waals surface area contributed by atoms with E-state index in [-0.39, 0.29) is 11.3 Å². The summed E-state index contributed by atoms with van der Waals surface area (Å²) in [5, 5.41) is 3.11. The van der Waals surface area contributed by atoms with E-state index in [1.54, 1.807) is 0 Å². The molecule has 5 nitrogen and oxygen atoms in total. The van der Waals surface area contributed by atoms with E-state index in [1.165, 1.54) is 24.8 Å². The zero-order chi connectivity index (χ0) is 18.4. The van der Waals surface area contributed by atoms with Gasteiger partial charge in [0.1, 0.15) is 0 Å². The number of anilines is 1. The number of hydrogen-bond donors (Lipinski definition) is 2. The van der Waals surface area contributed by atoms with E-state index in [0.717, 1.165) is 51.3 Å². The normalized spacial score (nSPS) is 21.5. The maximum atomic E-state index is 12.6. The summed E-state index contributed by atoms with van der Waals surface area (Å²) >= 11 is 0. The third kappa shape index (κ3) is 5.29. The molecule has 1 aliphatic carbocycles. The first-order valence-corrected chi connectivity index (χ1v) is 10.1. The topological polar surface area (TPSA) is 61.6 Å². The van der Waals surface area contributed by atoms with E-state index in [4.69, 9.17) is 5.73 Å². The molecule has 0 aromatic heterocycles. The number of nitrogens with two attached hydrogens (primary N) is 1. The first-order chi connectivity index (χ1) is 12.6. The molecule has 0 spiro atoms. The van der Waals surface area contributed by atoms with Gasteiger partial charge < -0.3 is 16.0 Å². The fraction of sp³-hybridized carbons (Fsp3) is 0.667. The molecule has 3 N–H and O–H groups in total. The van der Waals surface area contributed by atoms with Crippen LogP contribution in [0.25, 0.3) is 0 Å². The molecule has 0 bridgehead atoms. The van der Waals surface area contributed by atoms with E-state index in [2.05, 4.69) is 34.3 Å². The van der Waals surface area contributed by atoms with Gasteiger partial charge in [0.2, 0.25) is 5.91 Å². The molecular weight excluding hydrogens is 324 g/mol. The highest BCUT2D eigenvalue weighted by molar-refractivity contribution is 5.91. The van der Waals surface area contributed by atoms with Crippen LogP contribution in [0.2, 0.25) is 0 Å². The summed E-state index contributed by atoms with van der Waals surface area (Å²) in [4.78, 5) is 17.4. The monoisotopic (exact) mass is 358 g/mol. The predicted molar refractivity (Wildman–Crippen MR) is 107 cm³/mol. The summed E-state index contributed by atoms with van der Waals surface area (Å²) in [6.45, 7) is 6.02. The van der Waals surface area contributed by atoms with Gasteiger partial charge in [0.15, 0.2) is 0 Å². The summed E-state index contributed by atoms with van der Waals surface area (Å²) in [6, 6.07) is 8.30. The highest BCUT2D eigenvalue weighted by Gasteiger charge is 2.32. The summed E-state index contributed by atoms with van der Waals surface area (Å²) in [5.74, 6) is 0.106. The lowest BCUT2D eigenvalue weighted by molar-refractivity contribution is -0.118. The van der Waals surface area contributed by atoms with Crippen molar-refractivity contribution in [2.24, 2.45) is 11.1 Å². The molecule has 2 aliphatic rings. The molecule has 1 saturated carbocycles. The minimum atomic E-state index is 0.0137. The number of carbonyl (C=O) groups excluding carboxylic acids is 1. The maximum absolute atomic E-state index is 12.6. The van der Waals surface area contributed by atoms with E-state index < -0.39 is 0 Å². The molecular formula is C21H34N4O. The summed E-state index contributed by atoms with van der Waals surface area (Å²) in [7, 11) is 2.17. The minimum absolute atomic E-state index is 0.0137. The van der Waals surface area contributed by atoms with Crippen molar-refractivity contribution in [2.45, 2.75) is 45.1 Å². The second-order valence-corrected chi connectivity index (χ2v) is 8.27. The smallest absolute Gasteiger partial charge is 0.224 e. The third-order valence-electron chi connectivity index (χ3n) is 6.10. The zero-order valence-corrected chi connectivity index (χ0v) is 16.2. The molecule has 1 amide bonds. The highest BCUT2D eigenvalue weighted by Crippen LogP contribution is 2.38. The Kier molecular flexibility index (Phi) is 6.68. The van der Waals surface area contributed by atoms with Gasteiger partial charge in [0.25, 0.3) is 0 Å². The standard InChI is InChI=1S/C21H34N4O/c1-24-10-12-25(13-11-24)16-18-6-5-7-19(14-18)23-20(26)15-21(17-22)8-3-2-4-9-21/h5-7,14H,2-4,8-13,15-17,22H2,1H3,(H,23,26). The third-order valence-corrected chi connectivity index (χ3v) is 6.10. The maximum Gasteiger partial charge on any atom is 0.224 e. The van der Waals surface area contributed by atoms with Gasteiger partial charge in [-0.25, -0.2) is 0 Å². The second kappa shape index (κ2) is 8.98. The van der Waals surface area contributed by atoms with Gasteiger partial charge in [-0.1, -0.05) is 31.4 Å². The molecule has 1 saturated heterocycles. The number of piperazine rings is 1. The lowest BCUT2D eigenvalue weighted by Crippen LogP contribution is -2.43. The number of hydrogen-bond acceptors (Lipinski definition) is 4. The van der Waals surface area contributed by atoms with E-state index in [9.17, 15) is 4.79 Å². The molecule has 0 radical (unpaired) electrons. The minimum Gasteiger partial charge on any atom is -0.330 e. The lowest BCUT2D eigenvalue weighted by Gasteiger charge is -2.35. The molecule has 144 valence electrons. The molecule has 1 aromatic carbocycles. The van der Waals surface area contributed by atoms with E-state index >= 15 is 0 Å². The van der Waals surface area contributed by atoms with Gasteiger partial charge in [-0.15, -0.1) is 0 Å². The molecule has 2 fully saturated rings. The van der Waals surface area contributed by atoms with Crippen molar-refractivity contribution in [3.63, 3.8) is 0 Å². The number of likely N-dealkylation sites (N-methyl/N-ethyl adjacent to an activating group) is 1. The molecule has 5 heteroatoms. The SMILES string of the molecule is CN1CCN(Cc2cccc(NC(=O)CC3(CN)CCCCC3)c2)CC1. The first kappa shape index (κ1) is 19.3. The van der Waals surface area contributed by atoms with Gasteiger partial charge in [-0.3, -0.25) is 9.69 Å². The van der Waals surface area contributed by atoms with Crippen LogP contribution in [-0.4, -0.2) is 55.5 Å². The fourth-order valence-electron chi connectivity index (χ4n) is 4.31. The summed E-state index contributed by atoms with van der Waals surface area (Å²) in [5.41, 5.74) is 8.21. The van der Waals surface area contributed by atoms with Crippen molar-refractivity contribution >= 4 is 11.6 Å². The largest absolute Gasteiger partial charge is 0.330 e. The first-order valence-electron chi connectivity index (χ1n) is 10.1. The molecule has 26 heavy (non-hydrogen) atoms. The van der Waals surface area contributed by atoms with Crippen molar-refractivity contribution in [2.75, 3.05) is 45.1 Å². The van der Waals surface area contributed by atoms with Crippen LogP contribution >= 0.6 is 0 Å².